The van der Waals surface area contributed by atoms with Crippen LogP contribution in [0.2, 0.25) is 0 Å². The first kappa shape index (κ1) is 19.4. The van der Waals surface area contributed by atoms with Gasteiger partial charge in [-0.15, -0.1) is 11.3 Å². The van der Waals surface area contributed by atoms with Gasteiger partial charge in [0.25, 0.3) is 0 Å². The Morgan fingerprint density at radius 2 is 1.88 bits per heavy atom. The van der Waals surface area contributed by atoms with Crippen LogP contribution in [0.25, 0.3) is 0 Å². The average molecular weight is 374 g/mol. The summed E-state index contributed by atoms with van der Waals surface area (Å²) in [5.41, 5.74) is 3.50. The maximum absolute atomic E-state index is 10.5. The molecule has 1 aliphatic rings. The van der Waals surface area contributed by atoms with Crippen molar-refractivity contribution in [2.45, 2.75) is 58.6 Å². The summed E-state index contributed by atoms with van der Waals surface area (Å²) in [6.07, 6.45) is 4.70. The molecule has 1 aromatic carbocycles. The molecule has 142 valence electrons. The molecule has 1 aliphatic carbocycles. The van der Waals surface area contributed by atoms with Crippen LogP contribution in [0.1, 0.15) is 53.3 Å². The van der Waals surface area contributed by atoms with Crippen molar-refractivity contribution in [2.24, 2.45) is 5.92 Å². The SMILES string of the molecule is Cc1cc(C)c(OCC(O)CNC(c2cccs2)C2CCCC2)c(C)c1. The van der Waals surface area contributed by atoms with Gasteiger partial charge in [0.15, 0.2) is 0 Å². The zero-order chi connectivity index (χ0) is 18.5. The van der Waals surface area contributed by atoms with Crippen molar-refractivity contribution in [3.63, 3.8) is 0 Å². The molecular weight excluding hydrogens is 342 g/mol. The van der Waals surface area contributed by atoms with Crippen molar-refractivity contribution < 1.29 is 9.84 Å². The Morgan fingerprint density at radius 1 is 1.19 bits per heavy atom. The Kier molecular flexibility index (Phi) is 6.74. The molecule has 2 unspecified atom stereocenters. The van der Waals surface area contributed by atoms with Crippen LogP contribution < -0.4 is 10.1 Å². The molecule has 0 aliphatic heterocycles. The van der Waals surface area contributed by atoms with Gasteiger partial charge in [-0.25, -0.2) is 0 Å². The van der Waals surface area contributed by atoms with Crippen molar-refractivity contribution >= 4 is 11.3 Å². The van der Waals surface area contributed by atoms with E-state index in [0.717, 1.165) is 16.9 Å². The Hall–Kier alpha value is -1.36. The number of nitrogens with one attached hydrogen (secondary N) is 1. The number of aryl methyl sites for hydroxylation is 3. The smallest absolute Gasteiger partial charge is 0.125 e. The molecule has 1 saturated carbocycles. The molecule has 2 N–H and O–H groups in total. The fourth-order valence-electron chi connectivity index (χ4n) is 4.15. The molecule has 2 aromatic rings. The number of aliphatic hydroxyl groups is 1. The summed E-state index contributed by atoms with van der Waals surface area (Å²) in [5.74, 6) is 1.59. The van der Waals surface area contributed by atoms with Crippen LogP contribution in [0.15, 0.2) is 29.6 Å². The van der Waals surface area contributed by atoms with E-state index in [1.807, 2.05) is 11.3 Å². The Bertz CT molecular complexity index is 669. The van der Waals surface area contributed by atoms with Gasteiger partial charge in [-0.2, -0.15) is 0 Å². The summed E-state index contributed by atoms with van der Waals surface area (Å²) in [6.45, 7) is 7.10. The topological polar surface area (TPSA) is 41.5 Å². The number of hydrogen-bond acceptors (Lipinski definition) is 4. The number of benzene rings is 1. The van der Waals surface area contributed by atoms with Gasteiger partial charge in [0.1, 0.15) is 18.5 Å². The first-order chi connectivity index (χ1) is 12.5. The van der Waals surface area contributed by atoms with Gasteiger partial charge >= 0.3 is 0 Å². The number of rotatable bonds is 8. The third-order valence-corrected chi connectivity index (χ3v) is 6.27. The second-order valence-electron chi connectivity index (χ2n) is 7.64. The third-order valence-electron chi connectivity index (χ3n) is 5.32. The summed E-state index contributed by atoms with van der Waals surface area (Å²) in [7, 11) is 0. The lowest BCUT2D eigenvalue weighted by Crippen LogP contribution is -2.36. The Balaban J connectivity index is 1.55. The van der Waals surface area contributed by atoms with Gasteiger partial charge in [0.05, 0.1) is 0 Å². The van der Waals surface area contributed by atoms with E-state index in [-0.39, 0.29) is 0 Å². The molecule has 0 amide bonds. The maximum Gasteiger partial charge on any atom is 0.125 e. The minimum atomic E-state index is -0.515. The highest BCUT2D eigenvalue weighted by molar-refractivity contribution is 7.10. The maximum atomic E-state index is 10.5. The fraction of sp³-hybridized carbons (Fsp3) is 0.545. The number of hydrogen-bond donors (Lipinski definition) is 2. The molecule has 3 rings (SSSR count). The van der Waals surface area contributed by atoms with E-state index in [9.17, 15) is 5.11 Å². The lowest BCUT2D eigenvalue weighted by molar-refractivity contribution is 0.100. The zero-order valence-corrected chi connectivity index (χ0v) is 16.9. The molecule has 2 atom stereocenters. The van der Waals surface area contributed by atoms with Gasteiger partial charge in [0, 0.05) is 17.5 Å². The molecule has 3 nitrogen and oxygen atoms in total. The van der Waals surface area contributed by atoms with Crippen LogP contribution in [0.3, 0.4) is 0 Å². The molecule has 1 heterocycles. The van der Waals surface area contributed by atoms with Crippen LogP contribution in [0.5, 0.6) is 5.75 Å². The average Bonchev–Trinajstić information content (AvgIpc) is 3.28. The van der Waals surface area contributed by atoms with E-state index in [1.54, 1.807) is 0 Å². The summed E-state index contributed by atoms with van der Waals surface area (Å²) in [5, 5.41) is 16.2. The van der Waals surface area contributed by atoms with Gasteiger partial charge in [-0.05, 0) is 62.1 Å². The molecule has 0 spiro atoms. The van der Waals surface area contributed by atoms with Crippen molar-refractivity contribution in [2.75, 3.05) is 13.2 Å². The molecular formula is C22H31NO2S. The predicted octanol–water partition coefficient (Wildman–Crippen LogP) is 4.93. The highest BCUT2D eigenvalue weighted by Gasteiger charge is 2.27. The highest BCUT2D eigenvalue weighted by Crippen LogP contribution is 2.37. The number of ether oxygens (including phenoxy) is 1. The van der Waals surface area contributed by atoms with Crippen molar-refractivity contribution in [3.8, 4) is 5.75 Å². The van der Waals surface area contributed by atoms with Crippen LogP contribution in [0, 0.1) is 26.7 Å². The van der Waals surface area contributed by atoms with Gasteiger partial charge in [-0.1, -0.05) is 36.6 Å². The summed E-state index contributed by atoms with van der Waals surface area (Å²) < 4.78 is 5.95. The largest absolute Gasteiger partial charge is 0.490 e. The van der Waals surface area contributed by atoms with Crippen LogP contribution >= 0.6 is 11.3 Å². The second-order valence-corrected chi connectivity index (χ2v) is 8.62. The lowest BCUT2D eigenvalue weighted by atomic mass is 9.96. The quantitative estimate of drug-likeness (QED) is 0.689. The van der Waals surface area contributed by atoms with Crippen LogP contribution in [-0.2, 0) is 0 Å². The van der Waals surface area contributed by atoms with Crippen molar-refractivity contribution in [1.82, 2.24) is 5.32 Å². The molecule has 0 saturated heterocycles. The molecule has 1 fully saturated rings. The Labute approximate surface area is 161 Å². The first-order valence-corrected chi connectivity index (χ1v) is 10.6. The summed E-state index contributed by atoms with van der Waals surface area (Å²) in [6, 6.07) is 8.93. The number of thiophene rings is 1. The van der Waals surface area contributed by atoms with E-state index in [4.69, 9.17) is 4.74 Å². The van der Waals surface area contributed by atoms with Crippen LogP contribution in [-0.4, -0.2) is 24.4 Å². The minimum Gasteiger partial charge on any atom is -0.490 e. The van der Waals surface area contributed by atoms with E-state index in [2.05, 4.69) is 55.7 Å². The molecule has 4 heteroatoms. The Morgan fingerprint density at radius 3 is 2.50 bits per heavy atom. The predicted molar refractivity (Wildman–Crippen MR) is 109 cm³/mol. The molecule has 0 radical (unpaired) electrons. The van der Waals surface area contributed by atoms with Crippen molar-refractivity contribution in [3.05, 3.63) is 51.2 Å². The zero-order valence-electron chi connectivity index (χ0n) is 16.1. The van der Waals surface area contributed by atoms with Crippen molar-refractivity contribution in [1.29, 1.82) is 0 Å². The normalized spacial score (nSPS) is 17.4. The fourth-order valence-corrected chi connectivity index (χ4v) is 5.05. The molecule has 1 aromatic heterocycles. The summed E-state index contributed by atoms with van der Waals surface area (Å²) in [4.78, 5) is 1.38. The van der Waals surface area contributed by atoms with E-state index < -0.39 is 6.10 Å². The number of aliphatic hydroxyl groups excluding tert-OH is 1. The molecule has 0 bridgehead atoms. The van der Waals surface area contributed by atoms with Gasteiger partial charge in [0.2, 0.25) is 0 Å². The van der Waals surface area contributed by atoms with Crippen LogP contribution in [0.4, 0.5) is 0 Å². The van der Waals surface area contributed by atoms with E-state index >= 15 is 0 Å². The van der Waals surface area contributed by atoms with Gasteiger partial charge < -0.3 is 15.2 Å². The van der Waals surface area contributed by atoms with E-state index in [0.29, 0.717) is 25.1 Å². The second kappa shape index (κ2) is 9.03. The van der Waals surface area contributed by atoms with E-state index in [1.165, 1.54) is 36.1 Å². The minimum absolute atomic E-state index is 0.319. The highest BCUT2D eigenvalue weighted by atomic mass is 32.1. The summed E-state index contributed by atoms with van der Waals surface area (Å²) >= 11 is 1.81. The lowest BCUT2D eigenvalue weighted by Gasteiger charge is -2.25. The molecule has 26 heavy (non-hydrogen) atoms. The first-order valence-electron chi connectivity index (χ1n) is 9.70. The monoisotopic (exact) mass is 373 g/mol. The standard InChI is InChI=1S/C22H31NO2S/c1-15-11-16(2)22(17(3)12-15)25-14-19(24)13-23-21(18-7-4-5-8-18)20-9-6-10-26-20/h6,9-12,18-19,21,23-24H,4-5,7-8,13-14H2,1-3H3. The van der Waals surface area contributed by atoms with Gasteiger partial charge in [-0.3, -0.25) is 0 Å². The third kappa shape index (κ3) is 4.87.